The Balaban J connectivity index is 1.81. The van der Waals surface area contributed by atoms with Crippen LogP contribution < -0.4 is 5.32 Å². The Kier molecular flexibility index (Phi) is 6.90. The summed E-state index contributed by atoms with van der Waals surface area (Å²) in [5, 5.41) is 4.09. The molecule has 0 aliphatic carbocycles. The minimum atomic E-state index is -0.565. The van der Waals surface area contributed by atoms with Crippen LogP contribution >= 0.6 is 11.6 Å². The second kappa shape index (κ2) is 9.59. The second-order valence-corrected chi connectivity index (χ2v) is 7.27. The average molecular weight is 426 g/mol. The molecule has 0 aliphatic heterocycles. The van der Waals surface area contributed by atoms with Crippen molar-refractivity contribution in [1.82, 2.24) is 14.8 Å². The predicted octanol–water partition coefficient (Wildman–Crippen LogP) is 3.66. The third-order valence-electron chi connectivity index (χ3n) is 5.03. The number of halogens is 1. The van der Waals surface area contributed by atoms with Gasteiger partial charge < -0.3 is 14.8 Å². The summed E-state index contributed by atoms with van der Waals surface area (Å²) in [7, 11) is 0. The Labute approximate surface area is 180 Å². The van der Waals surface area contributed by atoms with Crippen molar-refractivity contribution in [2.24, 2.45) is 0 Å². The average Bonchev–Trinajstić information content (AvgIpc) is 3.12. The minimum Gasteiger partial charge on any atom is -0.350 e. The fraction of sp³-hybridized carbons (Fsp3) is 0.261. The summed E-state index contributed by atoms with van der Waals surface area (Å²) in [6.07, 6.45) is 1.59. The molecule has 3 aromatic rings. The maximum Gasteiger partial charge on any atom is 0.295 e. The molecule has 1 aromatic heterocycles. The molecule has 2 aromatic carbocycles. The van der Waals surface area contributed by atoms with Crippen LogP contribution in [0.3, 0.4) is 0 Å². The van der Waals surface area contributed by atoms with E-state index < -0.39 is 11.7 Å². The quantitative estimate of drug-likeness (QED) is 0.442. The number of carbonyl (C=O) groups excluding carboxylic acids is 3. The first-order chi connectivity index (χ1) is 14.5. The van der Waals surface area contributed by atoms with Gasteiger partial charge in [0.25, 0.3) is 11.7 Å². The number of carbonyl (C=O) groups is 3. The lowest BCUT2D eigenvalue weighted by Gasteiger charge is -2.17. The third kappa shape index (κ3) is 4.54. The molecule has 6 nitrogen and oxygen atoms in total. The summed E-state index contributed by atoms with van der Waals surface area (Å²) in [4.78, 5) is 39.4. The first kappa shape index (κ1) is 21.6. The van der Waals surface area contributed by atoms with E-state index in [0.29, 0.717) is 35.6 Å². The van der Waals surface area contributed by atoms with Gasteiger partial charge in [-0.25, -0.2) is 0 Å². The van der Waals surface area contributed by atoms with E-state index in [2.05, 4.69) is 5.32 Å². The Hall–Kier alpha value is -3.12. The Bertz CT molecular complexity index is 1090. The molecule has 0 spiro atoms. The van der Waals surface area contributed by atoms with E-state index in [1.165, 1.54) is 4.90 Å². The van der Waals surface area contributed by atoms with Crippen LogP contribution in [-0.2, 0) is 22.7 Å². The van der Waals surface area contributed by atoms with E-state index in [9.17, 15) is 14.4 Å². The Morgan fingerprint density at radius 1 is 1.00 bits per heavy atom. The number of rotatable bonds is 8. The van der Waals surface area contributed by atoms with Crippen molar-refractivity contribution >= 4 is 40.1 Å². The number of aromatic nitrogens is 1. The number of nitrogens with zero attached hydrogens (tertiary/aromatic N) is 2. The molecule has 0 saturated heterocycles. The van der Waals surface area contributed by atoms with Crippen molar-refractivity contribution in [3.05, 3.63) is 70.9 Å². The molecule has 0 fully saturated rings. The van der Waals surface area contributed by atoms with Gasteiger partial charge in [-0.1, -0.05) is 48.0 Å². The standard InChI is InChI=1S/C23H24ClN3O3/c1-3-26(4-2)23(30)22(29)18-14-27(20-12-8-6-10-17(18)20)15-21(28)25-13-16-9-5-7-11-19(16)24/h5-12,14H,3-4,13,15H2,1-2H3,(H,25,28). The molecular weight excluding hydrogens is 402 g/mol. The molecule has 0 saturated carbocycles. The zero-order valence-electron chi connectivity index (χ0n) is 17.0. The van der Waals surface area contributed by atoms with E-state index in [0.717, 1.165) is 11.1 Å². The van der Waals surface area contributed by atoms with E-state index >= 15 is 0 Å². The van der Waals surface area contributed by atoms with Crippen molar-refractivity contribution in [3.8, 4) is 0 Å². The lowest BCUT2D eigenvalue weighted by molar-refractivity contribution is -0.126. The molecule has 0 radical (unpaired) electrons. The van der Waals surface area contributed by atoms with E-state index in [1.54, 1.807) is 22.9 Å². The first-order valence-electron chi connectivity index (χ1n) is 9.87. The molecule has 156 valence electrons. The van der Waals surface area contributed by atoms with Crippen molar-refractivity contribution in [2.45, 2.75) is 26.9 Å². The van der Waals surface area contributed by atoms with Crippen LogP contribution in [0.2, 0.25) is 5.02 Å². The van der Waals surface area contributed by atoms with Crippen LogP contribution in [0.25, 0.3) is 10.9 Å². The summed E-state index contributed by atoms with van der Waals surface area (Å²) in [6.45, 7) is 4.93. The number of Topliss-reactive ketones (excluding diaryl/α,β-unsaturated/α-hetero) is 1. The predicted molar refractivity (Wildman–Crippen MR) is 117 cm³/mol. The molecule has 1 N–H and O–H groups in total. The number of hydrogen-bond acceptors (Lipinski definition) is 3. The van der Waals surface area contributed by atoms with Crippen LogP contribution in [-0.4, -0.2) is 40.2 Å². The summed E-state index contributed by atoms with van der Waals surface area (Å²) in [5.74, 6) is -1.32. The van der Waals surface area contributed by atoms with Crippen molar-refractivity contribution < 1.29 is 14.4 Å². The van der Waals surface area contributed by atoms with Crippen LogP contribution in [0.15, 0.2) is 54.7 Å². The summed E-state index contributed by atoms with van der Waals surface area (Å²) < 4.78 is 1.69. The van der Waals surface area contributed by atoms with Gasteiger partial charge in [0.05, 0.1) is 5.56 Å². The monoisotopic (exact) mass is 425 g/mol. The number of benzene rings is 2. The van der Waals surface area contributed by atoms with Gasteiger partial charge in [-0.05, 0) is 31.5 Å². The highest BCUT2D eigenvalue weighted by Gasteiger charge is 2.25. The van der Waals surface area contributed by atoms with Gasteiger partial charge in [-0.15, -0.1) is 0 Å². The number of fused-ring (bicyclic) bond motifs is 1. The van der Waals surface area contributed by atoms with Crippen LogP contribution in [0.5, 0.6) is 0 Å². The Morgan fingerprint density at radius 3 is 2.37 bits per heavy atom. The van der Waals surface area contributed by atoms with Gasteiger partial charge in [0, 0.05) is 41.8 Å². The Morgan fingerprint density at radius 2 is 1.67 bits per heavy atom. The van der Waals surface area contributed by atoms with Gasteiger partial charge in [0.15, 0.2) is 0 Å². The van der Waals surface area contributed by atoms with Crippen molar-refractivity contribution in [1.29, 1.82) is 0 Å². The zero-order chi connectivity index (χ0) is 21.7. The van der Waals surface area contributed by atoms with E-state index in [-0.39, 0.29) is 12.5 Å². The van der Waals surface area contributed by atoms with Gasteiger partial charge >= 0.3 is 0 Å². The molecule has 2 amide bonds. The molecule has 3 rings (SSSR count). The molecule has 0 aliphatic rings. The number of hydrogen-bond donors (Lipinski definition) is 1. The normalized spacial score (nSPS) is 10.8. The first-order valence-corrected chi connectivity index (χ1v) is 10.3. The fourth-order valence-corrected chi connectivity index (χ4v) is 3.58. The van der Waals surface area contributed by atoms with Gasteiger partial charge in [0.1, 0.15) is 6.54 Å². The number of para-hydroxylation sites is 1. The molecule has 0 unspecified atom stereocenters. The topological polar surface area (TPSA) is 71.4 Å². The number of ketones is 1. The molecule has 0 atom stereocenters. The molecular formula is C23H24ClN3O3. The van der Waals surface area contributed by atoms with E-state index in [4.69, 9.17) is 11.6 Å². The van der Waals surface area contributed by atoms with Crippen LogP contribution in [0.4, 0.5) is 0 Å². The molecule has 1 heterocycles. The van der Waals surface area contributed by atoms with Gasteiger partial charge in [-0.2, -0.15) is 0 Å². The number of likely N-dealkylation sites (N-methyl/N-ethyl adjacent to an activating group) is 1. The fourth-order valence-electron chi connectivity index (χ4n) is 3.37. The van der Waals surface area contributed by atoms with Crippen molar-refractivity contribution in [2.75, 3.05) is 13.1 Å². The van der Waals surface area contributed by atoms with Gasteiger partial charge in [-0.3, -0.25) is 14.4 Å². The highest BCUT2D eigenvalue weighted by atomic mass is 35.5. The number of nitrogens with one attached hydrogen (secondary N) is 1. The highest BCUT2D eigenvalue weighted by Crippen LogP contribution is 2.22. The molecule has 30 heavy (non-hydrogen) atoms. The highest BCUT2D eigenvalue weighted by molar-refractivity contribution is 6.44. The van der Waals surface area contributed by atoms with E-state index in [1.807, 2.05) is 50.2 Å². The maximum absolute atomic E-state index is 12.8. The lowest BCUT2D eigenvalue weighted by atomic mass is 10.1. The minimum absolute atomic E-state index is 0.0255. The van der Waals surface area contributed by atoms with Gasteiger partial charge in [0.2, 0.25) is 5.91 Å². The maximum atomic E-state index is 12.8. The van der Waals surface area contributed by atoms with Crippen LogP contribution in [0, 0.1) is 0 Å². The lowest BCUT2D eigenvalue weighted by Crippen LogP contribution is -2.36. The third-order valence-corrected chi connectivity index (χ3v) is 5.39. The molecule has 7 heteroatoms. The smallest absolute Gasteiger partial charge is 0.295 e. The summed E-state index contributed by atoms with van der Waals surface area (Å²) in [6, 6.07) is 14.6. The van der Waals surface area contributed by atoms with Crippen LogP contribution in [0.1, 0.15) is 29.8 Å². The largest absolute Gasteiger partial charge is 0.350 e. The summed E-state index contributed by atoms with van der Waals surface area (Å²) in [5.41, 5.74) is 1.85. The second-order valence-electron chi connectivity index (χ2n) is 6.86. The SMILES string of the molecule is CCN(CC)C(=O)C(=O)c1cn(CC(=O)NCc2ccccc2Cl)c2ccccc12. The zero-order valence-corrected chi connectivity index (χ0v) is 17.8. The van der Waals surface area contributed by atoms with Crippen molar-refractivity contribution in [3.63, 3.8) is 0 Å². The summed E-state index contributed by atoms with van der Waals surface area (Å²) >= 11 is 6.13. The molecule has 0 bridgehead atoms. The number of amides is 2.